The summed E-state index contributed by atoms with van der Waals surface area (Å²) >= 11 is 0. The van der Waals surface area contributed by atoms with E-state index >= 15 is 0 Å². The fourth-order valence-corrected chi connectivity index (χ4v) is 40.6. The summed E-state index contributed by atoms with van der Waals surface area (Å²) in [6.07, 6.45) is 3.14. The molecule has 0 unspecified atom stereocenters. The third-order valence-corrected chi connectivity index (χ3v) is 32.8. The largest absolute Gasteiger partial charge is 0.462 e. The average Bonchev–Trinajstić information content (AvgIpc) is 2.63. The van der Waals surface area contributed by atoms with Crippen molar-refractivity contribution in [3.05, 3.63) is 12.2 Å². The fraction of sp³-hybridized carbons (Fsp3) is 0.880. The van der Waals surface area contributed by atoms with E-state index in [0.717, 1.165) is 18.5 Å². The molecular weight excluding hydrogens is 625 g/mol. The van der Waals surface area contributed by atoms with Gasteiger partial charge in [0.2, 0.25) is 0 Å². The average molecular weight is 687 g/mol. The number of hydrogen-bond donors (Lipinski definition) is 0. The summed E-state index contributed by atoms with van der Waals surface area (Å²) in [4.78, 5) is 11.6. The molecule has 0 bridgehead atoms. The molecule has 0 radical (unpaired) electrons. The van der Waals surface area contributed by atoms with E-state index < -0.39 is 59.4 Å². The quantitative estimate of drug-likeness (QED) is 0.0548. The van der Waals surface area contributed by atoms with E-state index in [-0.39, 0.29) is 5.97 Å². The molecule has 0 aliphatic carbocycles. The number of carbonyl (C=O) groups is 1. The zero-order valence-electron chi connectivity index (χ0n) is 28.7. The molecule has 8 nitrogen and oxygen atoms in total. The second-order valence-corrected chi connectivity index (χ2v) is 41.2. The molecule has 0 saturated heterocycles. The molecule has 0 aromatic rings. The number of unbranched alkanes of at least 4 members (excludes halogenated alkanes) is 1. The molecule has 0 aliphatic heterocycles. The number of hydrogen-bond acceptors (Lipinski definition) is 8. The molecule has 40 heavy (non-hydrogen) atoms. The van der Waals surface area contributed by atoms with E-state index in [1.54, 1.807) is 6.92 Å². The topological polar surface area (TPSA) is 81.7 Å². The Labute approximate surface area is 254 Å². The molecule has 0 atom stereocenters. The molecule has 0 amide bonds. The first-order valence-electron chi connectivity index (χ1n) is 14.7. The van der Waals surface area contributed by atoms with Gasteiger partial charge in [-0.3, -0.25) is 0 Å². The second kappa shape index (κ2) is 15.5. The van der Waals surface area contributed by atoms with Crippen molar-refractivity contribution < 1.29 is 34.2 Å². The summed E-state index contributed by atoms with van der Waals surface area (Å²) in [5.74, 6) is -0.343. The molecular formula is C25H62O8Si7. The molecule has 0 spiro atoms. The van der Waals surface area contributed by atoms with Gasteiger partial charge in [-0.25, -0.2) is 4.79 Å². The standard InChI is InChI=1S/C25H62O8Si7/c1-18-19-22-34(4,5)28-36(8,9)30-38(12,13)32-40(16,17)33-39(14,15)31-37(10,11)29-35(6,7)23-20-21-27-25(26)24(2)3/h2,18-23H2,1,3-17H3. The highest BCUT2D eigenvalue weighted by atomic mass is 28.5. The maximum atomic E-state index is 11.6. The summed E-state index contributed by atoms with van der Waals surface area (Å²) in [5.41, 5.74) is 0.419. The highest BCUT2D eigenvalue weighted by Crippen LogP contribution is 2.30. The molecule has 238 valence electrons. The fourth-order valence-electron chi connectivity index (χ4n) is 5.29. The van der Waals surface area contributed by atoms with Gasteiger partial charge in [0.1, 0.15) is 0 Å². The maximum absolute atomic E-state index is 11.6. The molecule has 15 heteroatoms. The Balaban J connectivity index is 5.14. The van der Waals surface area contributed by atoms with Crippen molar-refractivity contribution >= 4 is 65.4 Å². The first-order chi connectivity index (χ1) is 17.6. The first kappa shape index (κ1) is 40.5. The molecule has 0 rings (SSSR count). The van der Waals surface area contributed by atoms with Crippen LogP contribution < -0.4 is 0 Å². The Hall–Kier alpha value is 0.488. The van der Waals surface area contributed by atoms with Crippen LogP contribution in [0.1, 0.15) is 33.1 Å². The van der Waals surface area contributed by atoms with Crippen LogP contribution in [-0.4, -0.2) is 72.0 Å². The summed E-state index contributed by atoms with van der Waals surface area (Å²) < 4.78 is 45.4. The summed E-state index contributed by atoms with van der Waals surface area (Å²) in [6, 6.07) is 2.02. The predicted molar refractivity (Wildman–Crippen MR) is 184 cm³/mol. The van der Waals surface area contributed by atoms with Gasteiger partial charge >= 0.3 is 48.8 Å². The third-order valence-electron chi connectivity index (χ3n) is 5.65. The van der Waals surface area contributed by atoms with Crippen molar-refractivity contribution in [2.45, 2.75) is 137 Å². The van der Waals surface area contributed by atoms with Crippen LogP contribution in [0.15, 0.2) is 12.2 Å². The zero-order chi connectivity index (χ0) is 31.8. The van der Waals surface area contributed by atoms with Gasteiger partial charge in [-0.05, 0) is 117 Å². The predicted octanol–water partition coefficient (Wildman–Crippen LogP) is 8.31. The van der Waals surface area contributed by atoms with Gasteiger partial charge < -0.3 is 29.4 Å². The van der Waals surface area contributed by atoms with Gasteiger partial charge in [-0.1, -0.05) is 26.3 Å². The SMILES string of the molecule is C=C(C)C(=O)OCCC[Si](C)(C)O[Si](C)(C)O[Si](C)(C)O[Si](C)(C)O[Si](C)(C)O[Si](C)(C)O[Si](C)(C)CCCC. The van der Waals surface area contributed by atoms with Gasteiger partial charge in [0, 0.05) is 5.57 Å². The smallest absolute Gasteiger partial charge is 0.333 e. The lowest BCUT2D eigenvalue weighted by Crippen LogP contribution is -2.60. The van der Waals surface area contributed by atoms with Crippen LogP contribution in [0.4, 0.5) is 0 Å². The minimum atomic E-state index is -2.58. The Kier molecular flexibility index (Phi) is 15.7. The Morgan fingerprint density at radius 3 is 1.15 bits per heavy atom. The minimum absolute atomic E-state index is 0.343. The molecule has 0 heterocycles. The molecule has 0 fully saturated rings. The Morgan fingerprint density at radius 1 is 0.550 bits per heavy atom. The monoisotopic (exact) mass is 686 g/mol. The van der Waals surface area contributed by atoms with Crippen molar-refractivity contribution in [2.24, 2.45) is 0 Å². The van der Waals surface area contributed by atoms with Crippen molar-refractivity contribution in [1.82, 2.24) is 0 Å². The molecule has 0 aromatic heterocycles. The zero-order valence-corrected chi connectivity index (χ0v) is 35.7. The molecule has 0 saturated carbocycles. The summed E-state index contributed by atoms with van der Waals surface area (Å²) in [5, 5.41) is 0. The lowest BCUT2D eigenvalue weighted by molar-refractivity contribution is -0.138. The van der Waals surface area contributed by atoms with E-state index in [9.17, 15) is 4.79 Å². The third kappa shape index (κ3) is 18.9. The highest BCUT2D eigenvalue weighted by molar-refractivity contribution is 6.92. The van der Waals surface area contributed by atoms with Crippen LogP contribution in [0.5, 0.6) is 0 Å². The molecule has 0 aromatic carbocycles. The highest BCUT2D eigenvalue weighted by Gasteiger charge is 2.48. The van der Waals surface area contributed by atoms with Crippen LogP contribution in [0.3, 0.4) is 0 Å². The van der Waals surface area contributed by atoms with E-state index in [4.69, 9.17) is 29.4 Å². The van der Waals surface area contributed by atoms with Crippen LogP contribution in [0.25, 0.3) is 0 Å². The van der Waals surface area contributed by atoms with Crippen LogP contribution in [0, 0.1) is 0 Å². The van der Waals surface area contributed by atoms with Crippen molar-refractivity contribution in [3.63, 3.8) is 0 Å². The van der Waals surface area contributed by atoms with Gasteiger partial charge in [0.25, 0.3) is 0 Å². The van der Waals surface area contributed by atoms with Gasteiger partial charge in [-0.15, -0.1) is 0 Å². The van der Waals surface area contributed by atoms with Gasteiger partial charge in [0.05, 0.1) is 6.61 Å². The normalized spacial score (nSPS) is 14.4. The van der Waals surface area contributed by atoms with Crippen molar-refractivity contribution in [2.75, 3.05) is 6.61 Å². The molecule has 0 aliphatic rings. The van der Waals surface area contributed by atoms with E-state index in [2.05, 4.69) is 105 Å². The van der Waals surface area contributed by atoms with Crippen LogP contribution in [0.2, 0.25) is 104 Å². The number of ether oxygens (including phenoxy) is 1. The number of carbonyl (C=O) groups excluding carboxylic acids is 1. The van der Waals surface area contributed by atoms with Crippen LogP contribution in [-0.2, 0) is 34.2 Å². The summed E-state index contributed by atoms with van der Waals surface area (Å²) in [6.45, 7) is 37.8. The van der Waals surface area contributed by atoms with Crippen molar-refractivity contribution in [3.8, 4) is 0 Å². The molecule has 0 N–H and O–H groups in total. The van der Waals surface area contributed by atoms with E-state index in [1.807, 2.05) is 0 Å². The van der Waals surface area contributed by atoms with Gasteiger partial charge in [-0.2, -0.15) is 0 Å². The van der Waals surface area contributed by atoms with Crippen LogP contribution >= 0.6 is 0 Å². The van der Waals surface area contributed by atoms with Crippen molar-refractivity contribution in [1.29, 1.82) is 0 Å². The maximum Gasteiger partial charge on any atom is 0.333 e. The summed E-state index contributed by atoms with van der Waals surface area (Å²) in [7, 11) is -16.4. The van der Waals surface area contributed by atoms with Gasteiger partial charge in [0.15, 0.2) is 16.6 Å². The first-order valence-corrected chi connectivity index (χ1v) is 35.0. The second-order valence-electron chi connectivity index (χ2n) is 14.3. The van der Waals surface area contributed by atoms with E-state index in [1.165, 1.54) is 12.8 Å². The Morgan fingerprint density at radius 2 is 0.850 bits per heavy atom. The number of esters is 1. The minimum Gasteiger partial charge on any atom is -0.462 e. The van der Waals surface area contributed by atoms with E-state index in [0.29, 0.717) is 12.2 Å². The Bertz CT molecular complexity index is 830. The number of rotatable bonds is 20. The lowest BCUT2D eigenvalue weighted by atomic mass is 10.4. The lowest BCUT2D eigenvalue weighted by Gasteiger charge is -2.44.